The van der Waals surface area contributed by atoms with E-state index >= 15 is 0 Å². The molecule has 4 N–H and O–H groups in total. The lowest BCUT2D eigenvalue weighted by Gasteiger charge is -2.23. The number of hydrogen-bond donors (Lipinski definition) is 4. The van der Waals surface area contributed by atoms with Crippen molar-refractivity contribution in [2.45, 2.75) is 5.24 Å². The molecule has 0 aliphatic rings. The monoisotopic (exact) mass is 595 g/mol. The van der Waals surface area contributed by atoms with Crippen LogP contribution in [-0.2, 0) is 4.74 Å². The van der Waals surface area contributed by atoms with E-state index in [2.05, 4.69) is 46.6 Å². The van der Waals surface area contributed by atoms with Gasteiger partial charge in [-0.15, -0.1) is 31.7 Å². The Bertz CT molecular complexity index is 1590. The fourth-order valence-corrected chi connectivity index (χ4v) is 4.38. The van der Waals surface area contributed by atoms with Gasteiger partial charge in [-0.25, -0.2) is 4.98 Å². The average molecular weight is 595 g/mol. The van der Waals surface area contributed by atoms with Gasteiger partial charge in [0.2, 0.25) is 5.88 Å². The van der Waals surface area contributed by atoms with Gasteiger partial charge in [0, 0.05) is 36.7 Å². The number of nitrogens with zero attached hydrogens (tertiary/aromatic N) is 5. The predicted octanol–water partition coefficient (Wildman–Crippen LogP) is 1.12. The molecule has 4 rings (SSSR count). The molecule has 2 amide bonds. The molecule has 14 nitrogen and oxygen atoms in total. The third-order valence-corrected chi connectivity index (χ3v) is 6.34. The summed E-state index contributed by atoms with van der Waals surface area (Å²) in [6.07, 6.45) is 0. The van der Waals surface area contributed by atoms with Crippen LogP contribution in [0.15, 0.2) is 41.8 Å². The number of carbonyl (C=O) groups excluding carboxylic acids is 2. The van der Waals surface area contributed by atoms with E-state index in [1.54, 1.807) is 42.8 Å². The quantitative estimate of drug-likeness (QED) is 0.128. The van der Waals surface area contributed by atoms with Gasteiger partial charge in [-0.3, -0.25) is 9.59 Å². The van der Waals surface area contributed by atoms with Crippen LogP contribution in [0.5, 0.6) is 11.6 Å². The Morgan fingerprint density at radius 2 is 1.70 bits per heavy atom. The summed E-state index contributed by atoms with van der Waals surface area (Å²) in [6.45, 7) is 0.729. The summed E-state index contributed by atoms with van der Waals surface area (Å²) < 4.78 is 15.7. The number of thiazole rings is 1. The second kappa shape index (κ2) is 14.0. The number of rotatable bonds is 13. The molecule has 43 heavy (non-hydrogen) atoms. The molecule has 0 aliphatic heterocycles. The predicted molar refractivity (Wildman–Crippen MR) is 163 cm³/mol. The fourth-order valence-electron chi connectivity index (χ4n) is 3.64. The second-order valence-corrected chi connectivity index (χ2v) is 9.62. The Labute approximate surface area is 255 Å². The van der Waals surface area contributed by atoms with Crippen molar-refractivity contribution in [3.8, 4) is 22.9 Å². The lowest BCUT2D eigenvalue weighted by atomic mass is 9.49. The van der Waals surface area contributed by atoms with Crippen molar-refractivity contribution in [3.63, 3.8) is 0 Å². The van der Waals surface area contributed by atoms with E-state index in [1.165, 1.54) is 31.6 Å². The Balaban J connectivity index is 1.68. The van der Waals surface area contributed by atoms with Gasteiger partial charge in [0.25, 0.3) is 11.8 Å². The summed E-state index contributed by atoms with van der Waals surface area (Å²) in [4.78, 5) is 29.9. The van der Waals surface area contributed by atoms with Crippen molar-refractivity contribution in [1.29, 1.82) is 0 Å². The Hall–Kier alpha value is -4.70. The number of nitrogens with one attached hydrogen (secondary N) is 4. The van der Waals surface area contributed by atoms with Gasteiger partial charge in [-0.05, 0) is 18.2 Å². The van der Waals surface area contributed by atoms with Crippen molar-refractivity contribution in [2.24, 2.45) is 0 Å². The number of carbonyl (C=O) groups is 2. The van der Waals surface area contributed by atoms with Crippen LogP contribution in [0, 0.1) is 0 Å². The highest BCUT2D eigenvalue weighted by atomic mass is 32.1. The van der Waals surface area contributed by atoms with Crippen LogP contribution in [0.4, 0.5) is 23.0 Å². The first-order valence-electron chi connectivity index (χ1n) is 12.5. The maximum atomic E-state index is 13.0. The normalized spacial score (nSPS) is 11.0. The summed E-state index contributed by atoms with van der Waals surface area (Å²) in [5.41, 5.74) is 1.55. The van der Waals surface area contributed by atoms with Crippen LogP contribution in [-0.4, -0.2) is 100 Å². The maximum Gasteiger partial charge on any atom is 0.280 e. The minimum Gasteiger partial charge on any atom is -0.494 e. The standard InChI is InChI=1S/C25H24B3N9O5S/c1-40-10-9-29-23(39)24-31-16(12-43-24)13-5-4-6-14(21(13)42-3)30-15-11-18(32-17-7-8-19(41-2)36-34-17)35-37-20(15)22(38)33-25(26,27)28/h4-8,11-12H,9-10H2,1-3H3,(H,29,39)(H,33,38)(H2,30,32,34,35). The molecule has 0 saturated carbocycles. The summed E-state index contributed by atoms with van der Waals surface area (Å²) in [7, 11) is 21.2. The summed E-state index contributed by atoms with van der Waals surface area (Å²) in [5.74, 6) is 0.147. The van der Waals surface area contributed by atoms with Crippen LogP contribution in [0.3, 0.4) is 0 Å². The molecule has 214 valence electrons. The zero-order valence-electron chi connectivity index (χ0n) is 23.4. The number of methoxy groups -OCH3 is 3. The van der Waals surface area contributed by atoms with Gasteiger partial charge < -0.3 is 35.5 Å². The molecule has 3 aromatic heterocycles. The minimum absolute atomic E-state index is 0.173. The van der Waals surface area contributed by atoms with Crippen LogP contribution in [0.1, 0.15) is 20.3 Å². The van der Waals surface area contributed by atoms with E-state index in [0.29, 0.717) is 47.5 Å². The average Bonchev–Trinajstić information content (AvgIpc) is 3.47. The molecule has 0 bridgehead atoms. The van der Waals surface area contributed by atoms with Gasteiger partial charge in [-0.1, -0.05) is 11.3 Å². The number of hydrogen-bond acceptors (Lipinski definition) is 13. The topological polar surface area (TPSA) is 174 Å². The molecule has 1 aromatic carbocycles. The van der Waals surface area contributed by atoms with Gasteiger partial charge in [0.1, 0.15) is 0 Å². The van der Waals surface area contributed by atoms with Crippen LogP contribution < -0.4 is 30.7 Å². The van der Waals surface area contributed by atoms with E-state index in [1.807, 2.05) is 0 Å². The number of anilines is 4. The van der Waals surface area contributed by atoms with Crippen LogP contribution >= 0.6 is 11.3 Å². The van der Waals surface area contributed by atoms with Crippen molar-refractivity contribution in [3.05, 3.63) is 52.5 Å². The second-order valence-electron chi connectivity index (χ2n) is 8.76. The molecular weight excluding hydrogens is 571 g/mol. The molecule has 6 radical (unpaired) electrons. The first kappa shape index (κ1) is 31.2. The van der Waals surface area contributed by atoms with Crippen LogP contribution in [0.2, 0.25) is 0 Å². The Morgan fingerprint density at radius 1 is 0.907 bits per heavy atom. The first-order valence-corrected chi connectivity index (χ1v) is 13.4. The van der Waals surface area contributed by atoms with Crippen molar-refractivity contribution in [1.82, 2.24) is 36.0 Å². The SMILES string of the molecule is [B]C([B])([B])NC(=O)c1nnc(Nc2ccc(OC)nn2)cc1Nc1cccc(-c2csc(C(=O)NCCOC)n2)c1OC. The highest BCUT2D eigenvalue weighted by molar-refractivity contribution is 7.12. The highest BCUT2D eigenvalue weighted by Gasteiger charge is 2.22. The van der Waals surface area contributed by atoms with Crippen molar-refractivity contribution in [2.75, 3.05) is 45.1 Å². The van der Waals surface area contributed by atoms with E-state index in [-0.39, 0.29) is 28.1 Å². The molecule has 0 unspecified atom stereocenters. The summed E-state index contributed by atoms with van der Waals surface area (Å²) >= 11 is 1.18. The minimum atomic E-state index is -2.01. The van der Waals surface area contributed by atoms with Crippen molar-refractivity contribution < 1.29 is 23.8 Å². The lowest BCUT2D eigenvalue weighted by molar-refractivity contribution is 0.0932. The molecule has 18 heteroatoms. The van der Waals surface area contributed by atoms with Gasteiger partial charge in [0.05, 0.1) is 61.4 Å². The number of aromatic nitrogens is 5. The Kier molecular flexibility index (Phi) is 10.2. The molecule has 4 aromatic rings. The zero-order chi connectivity index (χ0) is 31.0. The Morgan fingerprint density at radius 3 is 2.37 bits per heavy atom. The van der Waals surface area contributed by atoms with E-state index in [4.69, 9.17) is 37.7 Å². The van der Waals surface area contributed by atoms with Crippen LogP contribution in [0.25, 0.3) is 11.3 Å². The molecule has 0 atom stereocenters. The number of benzene rings is 1. The molecule has 0 fully saturated rings. The van der Waals surface area contributed by atoms with Crippen molar-refractivity contribution >= 4 is 69.7 Å². The summed E-state index contributed by atoms with van der Waals surface area (Å²) in [6, 6.07) is 10.00. The largest absolute Gasteiger partial charge is 0.494 e. The van der Waals surface area contributed by atoms with Gasteiger partial charge in [0.15, 0.2) is 28.1 Å². The maximum absolute atomic E-state index is 13.0. The third-order valence-electron chi connectivity index (χ3n) is 5.50. The highest BCUT2D eigenvalue weighted by Crippen LogP contribution is 2.39. The number of para-hydroxylation sites is 1. The molecule has 0 aliphatic carbocycles. The molecule has 0 saturated heterocycles. The van der Waals surface area contributed by atoms with E-state index < -0.39 is 11.1 Å². The lowest BCUT2D eigenvalue weighted by Crippen LogP contribution is -2.50. The molecule has 0 spiro atoms. The smallest absolute Gasteiger partial charge is 0.280 e. The fraction of sp³-hybridized carbons (Fsp3) is 0.240. The number of amides is 2. The van der Waals surface area contributed by atoms with Gasteiger partial charge >= 0.3 is 0 Å². The zero-order valence-corrected chi connectivity index (χ0v) is 24.2. The molecule has 3 heterocycles. The first-order chi connectivity index (χ1) is 20.6. The van der Waals surface area contributed by atoms with E-state index in [0.717, 1.165) is 0 Å². The summed E-state index contributed by atoms with van der Waals surface area (Å²) in [5, 5.41) is 27.1. The van der Waals surface area contributed by atoms with Gasteiger partial charge in [-0.2, -0.15) is 0 Å². The molecular formula is C25H24B3N9O5S. The number of ether oxygens (including phenoxy) is 3. The third kappa shape index (κ3) is 8.20. The van der Waals surface area contributed by atoms with E-state index in [9.17, 15) is 9.59 Å².